The Bertz CT molecular complexity index is 1190. The second kappa shape index (κ2) is 7.05. The summed E-state index contributed by atoms with van der Waals surface area (Å²) in [5.41, 5.74) is 0.00508. The first-order valence-corrected chi connectivity index (χ1v) is 9.76. The van der Waals surface area contributed by atoms with E-state index >= 15 is 4.39 Å². The molecule has 9 nitrogen and oxygen atoms in total. The van der Waals surface area contributed by atoms with Crippen LogP contribution in [-0.4, -0.2) is 56.8 Å². The zero-order valence-electron chi connectivity index (χ0n) is 16.0. The Labute approximate surface area is 170 Å². The maximum Gasteiger partial charge on any atom is 0.341 e. The summed E-state index contributed by atoms with van der Waals surface area (Å²) in [5, 5.41) is 9.47. The molecule has 3 aromatic rings. The molecule has 5 rings (SSSR count). The third kappa shape index (κ3) is 3.14. The Kier molecular flexibility index (Phi) is 4.34. The van der Waals surface area contributed by atoms with Crippen LogP contribution < -0.4 is 15.2 Å². The minimum atomic E-state index is -1.30. The number of halogens is 1. The first kappa shape index (κ1) is 18.5. The summed E-state index contributed by atoms with van der Waals surface area (Å²) >= 11 is 0. The van der Waals surface area contributed by atoms with E-state index in [-0.39, 0.29) is 17.0 Å². The molecule has 1 aliphatic carbocycles. The molecule has 30 heavy (non-hydrogen) atoms. The number of piperazine rings is 1. The van der Waals surface area contributed by atoms with Crippen LogP contribution in [0.4, 0.5) is 16.0 Å². The van der Waals surface area contributed by atoms with Crippen LogP contribution in [0.2, 0.25) is 0 Å². The van der Waals surface area contributed by atoms with Gasteiger partial charge in [-0.15, -0.1) is 0 Å². The molecule has 1 saturated heterocycles. The van der Waals surface area contributed by atoms with Gasteiger partial charge in [-0.3, -0.25) is 4.79 Å². The number of carboxylic acids is 1. The molecule has 1 saturated carbocycles. The maximum atomic E-state index is 15.0. The van der Waals surface area contributed by atoms with Crippen molar-refractivity contribution in [2.45, 2.75) is 18.9 Å². The van der Waals surface area contributed by atoms with Gasteiger partial charge in [-0.2, -0.15) is 0 Å². The number of fused-ring (bicyclic) bond motifs is 1. The van der Waals surface area contributed by atoms with E-state index in [1.165, 1.54) is 24.9 Å². The molecule has 0 bridgehead atoms. The average Bonchev–Trinajstić information content (AvgIpc) is 3.60. The van der Waals surface area contributed by atoms with Gasteiger partial charge in [0.05, 0.1) is 11.2 Å². The van der Waals surface area contributed by atoms with Gasteiger partial charge in [0.2, 0.25) is 11.4 Å². The second-order valence-corrected chi connectivity index (χ2v) is 7.55. The van der Waals surface area contributed by atoms with Crippen LogP contribution in [0.5, 0.6) is 0 Å². The van der Waals surface area contributed by atoms with Gasteiger partial charge in [-0.1, -0.05) is 0 Å². The molecule has 3 heterocycles. The van der Waals surface area contributed by atoms with Crippen molar-refractivity contribution >= 4 is 28.5 Å². The minimum absolute atomic E-state index is 0.104. The van der Waals surface area contributed by atoms with Crippen molar-refractivity contribution in [3.8, 4) is 0 Å². The molecule has 154 valence electrons. The molecule has 1 aliphatic heterocycles. The van der Waals surface area contributed by atoms with Crippen LogP contribution in [0.25, 0.3) is 10.9 Å². The van der Waals surface area contributed by atoms with Crippen molar-refractivity contribution in [3.63, 3.8) is 0 Å². The van der Waals surface area contributed by atoms with E-state index < -0.39 is 17.2 Å². The Balaban J connectivity index is 1.51. The quantitative estimate of drug-likeness (QED) is 0.693. The molecule has 0 amide bonds. The van der Waals surface area contributed by atoms with Gasteiger partial charge in [0.1, 0.15) is 24.0 Å². The van der Waals surface area contributed by atoms with Crippen molar-refractivity contribution in [1.82, 2.24) is 19.5 Å². The van der Waals surface area contributed by atoms with Gasteiger partial charge >= 0.3 is 5.97 Å². The summed E-state index contributed by atoms with van der Waals surface area (Å²) in [6.07, 6.45) is 6.11. The molecule has 0 unspecified atom stereocenters. The van der Waals surface area contributed by atoms with Crippen LogP contribution in [-0.2, 0) is 0 Å². The number of carbonyl (C=O) groups is 1. The lowest BCUT2D eigenvalue weighted by atomic mass is 10.1. The van der Waals surface area contributed by atoms with Gasteiger partial charge in [0.15, 0.2) is 0 Å². The third-order valence-electron chi connectivity index (χ3n) is 5.65. The second-order valence-electron chi connectivity index (χ2n) is 7.55. The summed E-state index contributed by atoms with van der Waals surface area (Å²) in [6, 6.07) is 3.00. The van der Waals surface area contributed by atoms with E-state index in [4.69, 9.17) is 0 Å². The molecular weight excluding hydrogens is 391 g/mol. The van der Waals surface area contributed by atoms with Gasteiger partial charge in [0.25, 0.3) is 0 Å². The van der Waals surface area contributed by atoms with Crippen molar-refractivity contribution in [2.75, 3.05) is 36.0 Å². The van der Waals surface area contributed by atoms with E-state index in [1.54, 1.807) is 6.07 Å². The summed E-state index contributed by atoms with van der Waals surface area (Å²) in [6.45, 7) is 2.37. The van der Waals surface area contributed by atoms with Crippen LogP contribution in [0.3, 0.4) is 0 Å². The molecule has 2 fully saturated rings. The summed E-state index contributed by atoms with van der Waals surface area (Å²) in [5.74, 6) is -1.24. The van der Waals surface area contributed by atoms with Crippen molar-refractivity contribution < 1.29 is 14.3 Å². The van der Waals surface area contributed by atoms with Crippen LogP contribution in [0, 0.1) is 5.82 Å². The fourth-order valence-electron chi connectivity index (χ4n) is 3.95. The van der Waals surface area contributed by atoms with Crippen LogP contribution in [0.15, 0.2) is 35.8 Å². The summed E-state index contributed by atoms with van der Waals surface area (Å²) in [7, 11) is 0. The van der Waals surface area contributed by atoms with Gasteiger partial charge in [0, 0.05) is 43.8 Å². The van der Waals surface area contributed by atoms with E-state index in [2.05, 4.69) is 15.0 Å². The topological polar surface area (TPSA) is 104 Å². The molecule has 1 aromatic carbocycles. The Hall–Kier alpha value is -3.56. The number of aromatic nitrogens is 4. The largest absolute Gasteiger partial charge is 0.477 e. The lowest BCUT2D eigenvalue weighted by Gasteiger charge is -2.36. The van der Waals surface area contributed by atoms with Gasteiger partial charge in [-0.05, 0) is 25.0 Å². The van der Waals surface area contributed by atoms with Gasteiger partial charge in [-0.25, -0.2) is 24.1 Å². The molecule has 2 aromatic heterocycles. The van der Waals surface area contributed by atoms with Crippen molar-refractivity contribution in [1.29, 1.82) is 0 Å². The van der Waals surface area contributed by atoms with Crippen molar-refractivity contribution in [2.24, 2.45) is 0 Å². The highest BCUT2D eigenvalue weighted by Gasteiger charge is 2.28. The fourth-order valence-corrected chi connectivity index (χ4v) is 3.95. The smallest absolute Gasteiger partial charge is 0.341 e. The summed E-state index contributed by atoms with van der Waals surface area (Å²) in [4.78, 5) is 40.1. The number of anilines is 2. The molecule has 1 N–H and O–H groups in total. The average molecular weight is 410 g/mol. The third-order valence-corrected chi connectivity index (χ3v) is 5.65. The van der Waals surface area contributed by atoms with E-state index in [0.29, 0.717) is 43.3 Å². The van der Waals surface area contributed by atoms with E-state index in [0.717, 1.165) is 12.8 Å². The lowest BCUT2D eigenvalue weighted by molar-refractivity contribution is 0.0695. The number of hydrogen-bond donors (Lipinski definition) is 1. The molecular formula is C20H19FN6O3. The van der Waals surface area contributed by atoms with E-state index in [9.17, 15) is 14.7 Å². The first-order valence-electron chi connectivity index (χ1n) is 9.76. The highest BCUT2D eigenvalue weighted by molar-refractivity contribution is 5.93. The standard InChI is InChI=1S/C20H19FN6O3/c21-15-7-13-16(27(12-1-2-12)9-14(18(13)28)19(29)30)8-17(15)25-3-5-26(6-4-25)20-23-10-22-11-24-20/h7-12H,1-6H2,(H,29,30). The number of hydrogen-bond acceptors (Lipinski definition) is 7. The number of pyridine rings is 1. The SMILES string of the molecule is O=C(O)c1cn(C2CC2)c2cc(N3CCN(c4ncncn4)CC3)c(F)cc2c1=O. The highest BCUT2D eigenvalue weighted by atomic mass is 19.1. The van der Waals surface area contributed by atoms with Crippen LogP contribution >= 0.6 is 0 Å². The molecule has 0 radical (unpaired) electrons. The zero-order valence-corrected chi connectivity index (χ0v) is 16.0. The Morgan fingerprint density at radius 2 is 1.73 bits per heavy atom. The Morgan fingerprint density at radius 3 is 2.37 bits per heavy atom. The predicted molar refractivity (Wildman–Crippen MR) is 108 cm³/mol. The zero-order chi connectivity index (χ0) is 20.8. The molecule has 0 atom stereocenters. The summed E-state index contributed by atoms with van der Waals surface area (Å²) < 4.78 is 16.8. The first-order chi connectivity index (χ1) is 14.5. The highest BCUT2D eigenvalue weighted by Crippen LogP contribution is 2.38. The monoisotopic (exact) mass is 410 g/mol. The number of benzene rings is 1. The van der Waals surface area contributed by atoms with Gasteiger partial charge < -0.3 is 19.5 Å². The minimum Gasteiger partial charge on any atom is -0.477 e. The normalized spacial score (nSPS) is 16.8. The number of rotatable bonds is 4. The number of aromatic carboxylic acids is 1. The fraction of sp³-hybridized carbons (Fsp3) is 0.350. The molecule has 0 spiro atoms. The molecule has 10 heteroatoms. The van der Waals surface area contributed by atoms with Crippen LogP contribution in [0.1, 0.15) is 29.2 Å². The maximum absolute atomic E-state index is 15.0. The predicted octanol–water partition coefficient (Wildman–Crippen LogP) is 1.69. The number of nitrogens with zero attached hydrogens (tertiary/aromatic N) is 6. The Morgan fingerprint density at radius 1 is 1.07 bits per heavy atom. The van der Waals surface area contributed by atoms with E-state index in [1.807, 2.05) is 14.4 Å². The number of carboxylic acid groups (broad SMARTS) is 1. The van der Waals surface area contributed by atoms with Crippen molar-refractivity contribution in [3.05, 3.63) is 52.6 Å². The molecule has 2 aliphatic rings. The lowest BCUT2D eigenvalue weighted by Crippen LogP contribution is -2.47.